The first-order valence-electron chi connectivity index (χ1n) is 4.52. The molecule has 0 spiro atoms. The number of carboxylic acids is 1. The monoisotopic (exact) mass is 181 g/mol. The maximum absolute atomic E-state index is 10.4. The summed E-state index contributed by atoms with van der Waals surface area (Å²) >= 11 is 0. The Bertz CT molecular complexity index is 254. The number of carboxylic acid groups (broad SMARTS) is 1. The summed E-state index contributed by atoms with van der Waals surface area (Å²) in [5.41, 5.74) is 1.18. The molecule has 0 amide bonds. The van der Waals surface area contributed by atoms with E-state index in [2.05, 4.69) is 4.98 Å². The number of nitrogens with one attached hydrogen (secondary N) is 1. The van der Waals surface area contributed by atoms with E-state index >= 15 is 0 Å². The number of aryl methyl sites for hydroxylation is 1. The number of carbonyl (C=O) groups is 1. The number of aromatic nitrogens is 1. The third-order valence-corrected chi connectivity index (χ3v) is 2.09. The normalized spacial score (nSPS) is 12.7. The Hall–Kier alpha value is -1.25. The molecule has 13 heavy (non-hydrogen) atoms. The Labute approximate surface area is 77.8 Å². The van der Waals surface area contributed by atoms with Crippen LogP contribution in [0.2, 0.25) is 0 Å². The third kappa shape index (κ3) is 3.78. The zero-order valence-corrected chi connectivity index (χ0v) is 7.79. The van der Waals surface area contributed by atoms with Crippen LogP contribution in [0.25, 0.3) is 0 Å². The molecular formula is C10H15NO2. The van der Waals surface area contributed by atoms with Crippen LogP contribution in [-0.4, -0.2) is 16.1 Å². The Kier molecular flexibility index (Phi) is 3.55. The standard InChI is InChI=1S/C10H15NO2/c1-8(7-10(12)13)4-5-9-3-2-6-11-9/h2-3,6,8,11H,4-5,7H2,1H3,(H,12,13). The van der Waals surface area contributed by atoms with Crippen molar-refractivity contribution in [2.45, 2.75) is 26.2 Å². The SMILES string of the molecule is CC(CCc1ccc[nH]1)CC(=O)O. The van der Waals surface area contributed by atoms with Crippen molar-refractivity contribution in [3.05, 3.63) is 24.0 Å². The van der Waals surface area contributed by atoms with Crippen molar-refractivity contribution in [3.63, 3.8) is 0 Å². The zero-order valence-electron chi connectivity index (χ0n) is 7.79. The molecular weight excluding hydrogens is 166 g/mol. The van der Waals surface area contributed by atoms with Gasteiger partial charge in [0, 0.05) is 18.3 Å². The minimum atomic E-state index is -0.709. The second-order valence-electron chi connectivity index (χ2n) is 3.44. The van der Waals surface area contributed by atoms with Crippen LogP contribution < -0.4 is 0 Å². The Balaban J connectivity index is 2.22. The molecule has 72 valence electrons. The summed E-state index contributed by atoms with van der Waals surface area (Å²) in [4.78, 5) is 13.5. The van der Waals surface area contributed by atoms with Crippen molar-refractivity contribution >= 4 is 5.97 Å². The molecule has 0 fully saturated rings. The summed E-state index contributed by atoms with van der Waals surface area (Å²) in [6.07, 6.45) is 4.01. The molecule has 3 heteroatoms. The summed E-state index contributed by atoms with van der Waals surface area (Å²) in [6.45, 7) is 1.97. The first-order valence-corrected chi connectivity index (χ1v) is 4.52. The average Bonchev–Trinajstić information content (AvgIpc) is 2.51. The van der Waals surface area contributed by atoms with E-state index in [4.69, 9.17) is 5.11 Å². The molecule has 1 heterocycles. The number of H-pyrrole nitrogens is 1. The largest absolute Gasteiger partial charge is 0.481 e. The van der Waals surface area contributed by atoms with Crippen molar-refractivity contribution < 1.29 is 9.90 Å². The molecule has 1 unspecified atom stereocenters. The van der Waals surface area contributed by atoms with Gasteiger partial charge in [0.2, 0.25) is 0 Å². The van der Waals surface area contributed by atoms with Crippen LogP contribution in [0.1, 0.15) is 25.5 Å². The summed E-state index contributed by atoms with van der Waals surface area (Å²) in [5.74, 6) is -0.459. The van der Waals surface area contributed by atoms with Crippen molar-refractivity contribution in [2.24, 2.45) is 5.92 Å². The second kappa shape index (κ2) is 4.70. The van der Waals surface area contributed by atoms with Gasteiger partial charge >= 0.3 is 5.97 Å². The molecule has 0 radical (unpaired) electrons. The molecule has 0 aliphatic rings. The molecule has 3 nitrogen and oxygen atoms in total. The van der Waals surface area contributed by atoms with Crippen molar-refractivity contribution in [1.82, 2.24) is 4.98 Å². The van der Waals surface area contributed by atoms with Crippen LogP contribution in [-0.2, 0) is 11.2 Å². The predicted octanol–water partition coefficient (Wildman–Crippen LogP) is 2.06. The Morgan fingerprint density at radius 3 is 3.00 bits per heavy atom. The average molecular weight is 181 g/mol. The van der Waals surface area contributed by atoms with Crippen LogP contribution in [0.15, 0.2) is 18.3 Å². The molecule has 1 atom stereocenters. The van der Waals surface area contributed by atoms with Gasteiger partial charge in [-0.05, 0) is 30.9 Å². The number of rotatable bonds is 5. The van der Waals surface area contributed by atoms with Crippen molar-refractivity contribution in [1.29, 1.82) is 0 Å². The molecule has 0 saturated heterocycles. The Morgan fingerprint density at radius 2 is 2.46 bits per heavy atom. The zero-order chi connectivity index (χ0) is 9.68. The molecule has 1 aromatic heterocycles. The molecule has 0 saturated carbocycles. The van der Waals surface area contributed by atoms with E-state index in [1.165, 1.54) is 5.69 Å². The third-order valence-electron chi connectivity index (χ3n) is 2.09. The lowest BCUT2D eigenvalue weighted by Crippen LogP contribution is -2.05. The van der Waals surface area contributed by atoms with E-state index in [0.717, 1.165) is 12.8 Å². The highest BCUT2D eigenvalue weighted by Gasteiger charge is 2.07. The van der Waals surface area contributed by atoms with Gasteiger partial charge in [0.1, 0.15) is 0 Å². The topological polar surface area (TPSA) is 53.1 Å². The summed E-state index contributed by atoms with van der Waals surface area (Å²) < 4.78 is 0. The van der Waals surface area contributed by atoms with E-state index in [9.17, 15) is 4.79 Å². The van der Waals surface area contributed by atoms with Crippen LogP contribution >= 0.6 is 0 Å². The summed E-state index contributed by atoms with van der Waals surface area (Å²) in [5, 5.41) is 8.53. The lowest BCUT2D eigenvalue weighted by molar-refractivity contribution is -0.138. The molecule has 1 rings (SSSR count). The predicted molar refractivity (Wildman–Crippen MR) is 50.5 cm³/mol. The summed E-state index contributed by atoms with van der Waals surface area (Å²) in [6, 6.07) is 3.98. The van der Waals surface area contributed by atoms with Gasteiger partial charge in [0.25, 0.3) is 0 Å². The van der Waals surface area contributed by atoms with Gasteiger partial charge in [0.15, 0.2) is 0 Å². The van der Waals surface area contributed by atoms with E-state index in [-0.39, 0.29) is 12.3 Å². The molecule has 0 aliphatic heterocycles. The van der Waals surface area contributed by atoms with Gasteiger partial charge in [-0.3, -0.25) is 4.79 Å². The number of aromatic amines is 1. The highest BCUT2D eigenvalue weighted by molar-refractivity contribution is 5.66. The first-order chi connectivity index (χ1) is 6.18. The van der Waals surface area contributed by atoms with Gasteiger partial charge in [0.05, 0.1) is 0 Å². The maximum atomic E-state index is 10.4. The van der Waals surface area contributed by atoms with Crippen molar-refractivity contribution in [3.8, 4) is 0 Å². The van der Waals surface area contributed by atoms with Crippen LogP contribution in [0, 0.1) is 5.92 Å². The van der Waals surface area contributed by atoms with Gasteiger partial charge in [-0.15, -0.1) is 0 Å². The van der Waals surface area contributed by atoms with Gasteiger partial charge < -0.3 is 10.1 Å². The Morgan fingerprint density at radius 1 is 1.69 bits per heavy atom. The maximum Gasteiger partial charge on any atom is 0.303 e. The lowest BCUT2D eigenvalue weighted by Gasteiger charge is -2.06. The lowest BCUT2D eigenvalue weighted by atomic mass is 10.0. The fraction of sp³-hybridized carbons (Fsp3) is 0.500. The molecule has 0 aromatic carbocycles. The van der Waals surface area contributed by atoms with E-state index in [1.54, 1.807) is 0 Å². The van der Waals surface area contributed by atoms with Crippen molar-refractivity contribution in [2.75, 3.05) is 0 Å². The van der Waals surface area contributed by atoms with Gasteiger partial charge in [-0.2, -0.15) is 0 Å². The molecule has 0 bridgehead atoms. The van der Waals surface area contributed by atoms with Crippen LogP contribution in [0.4, 0.5) is 0 Å². The smallest absolute Gasteiger partial charge is 0.303 e. The molecule has 1 aromatic rings. The summed E-state index contributed by atoms with van der Waals surface area (Å²) in [7, 11) is 0. The minimum Gasteiger partial charge on any atom is -0.481 e. The fourth-order valence-electron chi connectivity index (χ4n) is 1.33. The van der Waals surface area contributed by atoms with E-state index < -0.39 is 5.97 Å². The van der Waals surface area contributed by atoms with E-state index in [0.29, 0.717) is 0 Å². The van der Waals surface area contributed by atoms with Gasteiger partial charge in [-0.25, -0.2) is 0 Å². The van der Waals surface area contributed by atoms with Crippen LogP contribution in [0.3, 0.4) is 0 Å². The molecule has 2 N–H and O–H groups in total. The fourth-order valence-corrected chi connectivity index (χ4v) is 1.33. The highest BCUT2D eigenvalue weighted by atomic mass is 16.4. The number of aliphatic carboxylic acids is 1. The quantitative estimate of drug-likeness (QED) is 0.730. The number of hydrogen-bond donors (Lipinski definition) is 2. The number of hydrogen-bond acceptors (Lipinski definition) is 1. The minimum absolute atomic E-state index is 0.251. The van der Waals surface area contributed by atoms with Gasteiger partial charge in [-0.1, -0.05) is 6.92 Å². The highest BCUT2D eigenvalue weighted by Crippen LogP contribution is 2.11. The van der Waals surface area contributed by atoms with E-state index in [1.807, 2.05) is 25.3 Å². The van der Waals surface area contributed by atoms with Crippen LogP contribution in [0.5, 0.6) is 0 Å². The second-order valence-corrected chi connectivity index (χ2v) is 3.44. The molecule has 0 aliphatic carbocycles. The first kappa shape index (κ1) is 9.84.